The minimum absolute atomic E-state index is 0. The summed E-state index contributed by atoms with van der Waals surface area (Å²) >= 11 is 0. The molecule has 72 valence electrons. The number of halogens is 1. The SMILES string of the molecule is O=C([O-])c1ccccc1.O=[NH+][O-].[Cl-]. The Balaban J connectivity index is 0. The summed E-state index contributed by atoms with van der Waals surface area (Å²) in [6, 6.07) is 8.06. The summed E-state index contributed by atoms with van der Waals surface area (Å²) < 4.78 is 0. The largest absolute Gasteiger partial charge is 1.00 e. The molecule has 0 radical (unpaired) electrons. The van der Waals surface area contributed by atoms with Gasteiger partial charge in [-0.25, -0.2) is 0 Å². The third kappa shape index (κ3) is 6.77. The number of carbonyl (C=O) groups excluding carboxylic acids is 1. The van der Waals surface area contributed by atoms with Gasteiger partial charge < -0.3 is 22.3 Å². The number of carboxylic acids is 1. The Morgan fingerprint density at radius 2 is 1.62 bits per heavy atom. The van der Waals surface area contributed by atoms with Crippen LogP contribution in [0.2, 0.25) is 0 Å². The fourth-order valence-corrected chi connectivity index (χ4v) is 0.574. The lowest BCUT2D eigenvalue weighted by molar-refractivity contribution is -0.398. The van der Waals surface area contributed by atoms with Crippen molar-refractivity contribution in [1.29, 1.82) is 0 Å². The number of hydrogen-bond donors (Lipinski definition) is 1. The van der Waals surface area contributed by atoms with Crippen LogP contribution >= 0.6 is 0 Å². The zero-order valence-electron chi connectivity index (χ0n) is 6.40. The number of nitrogens with one attached hydrogen (secondary N) is 1. The van der Waals surface area contributed by atoms with Crippen LogP contribution in [0.4, 0.5) is 0 Å². The maximum Gasteiger partial charge on any atom is 0.0715 e. The van der Waals surface area contributed by atoms with Gasteiger partial charge in [-0.1, -0.05) is 30.3 Å². The van der Waals surface area contributed by atoms with Gasteiger partial charge in [-0.2, -0.15) is 0 Å². The average molecular weight is 204 g/mol. The number of carbonyl (C=O) groups is 1. The van der Waals surface area contributed by atoms with Gasteiger partial charge in [0.25, 0.3) is 0 Å². The van der Waals surface area contributed by atoms with E-state index in [0.717, 1.165) is 0 Å². The normalized spacial score (nSPS) is 7.08. The van der Waals surface area contributed by atoms with Crippen molar-refractivity contribution >= 4 is 5.97 Å². The van der Waals surface area contributed by atoms with Crippen LogP contribution in [-0.4, -0.2) is 5.97 Å². The smallest absolute Gasteiger partial charge is 0.0715 e. The predicted molar refractivity (Wildman–Crippen MR) is 38.5 cm³/mol. The van der Waals surface area contributed by atoms with Crippen LogP contribution in [0, 0.1) is 10.1 Å². The molecule has 0 saturated carbocycles. The van der Waals surface area contributed by atoms with Gasteiger partial charge in [-0.3, -0.25) is 10.1 Å². The van der Waals surface area contributed by atoms with Crippen LogP contribution in [-0.2, 0) is 0 Å². The molecule has 1 N–H and O–H groups in total. The van der Waals surface area contributed by atoms with Crippen LogP contribution in [0.15, 0.2) is 30.3 Å². The fraction of sp³-hybridized carbons (Fsp3) is 0. The fourth-order valence-electron chi connectivity index (χ4n) is 0.574. The Labute approximate surface area is 80.4 Å². The number of carboxylic acid groups (broad SMARTS) is 1. The molecule has 1 aromatic rings. The van der Waals surface area contributed by atoms with Crippen LogP contribution < -0.4 is 22.9 Å². The van der Waals surface area contributed by atoms with Crippen molar-refractivity contribution in [3.05, 3.63) is 46.0 Å². The molecule has 0 atom stereocenters. The minimum Gasteiger partial charge on any atom is -1.00 e. The molecule has 0 unspecified atom stereocenters. The van der Waals surface area contributed by atoms with Crippen molar-refractivity contribution in [1.82, 2.24) is 0 Å². The van der Waals surface area contributed by atoms with E-state index in [-0.39, 0.29) is 23.3 Å². The first kappa shape index (κ1) is 13.9. The molecule has 0 spiro atoms. The second-order valence-electron chi connectivity index (χ2n) is 1.74. The molecule has 0 aliphatic heterocycles. The zero-order valence-corrected chi connectivity index (χ0v) is 7.15. The lowest BCUT2D eigenvalue weighted by Gasteiger charge is -1.97. The third-order valence-corrected chi connectivity index (χ3v) is 1.01. The Hall–Kier alpha value is -1.62. The summed E-state index contributed by atoms with van der Waals surface area (Å²) in [5, 5.41) is 18.5. The first-order valence-electron chi connectivity index (χ1n) is 2.98. The van der Waals surface area contributed by atoms with E-state index < -0.39 is 5.97 Å². The Morgan fingerprint density at radius 1 is 1.23 bits per heavy atom. The highest BCUT2D eigenvalue weighted by molar-refractivity contribution is 5.85. The molecule has 0 saturated heterocycles. The van der Waals surface area contributed by atoms with E-state index in [2.05, 4.69) is 0 Å². The monoisotopic (exact) mass is 203 g/mol. The van der Waals surface area contributed by atoms with Gasteiger partial charge in [0, 0.05) is 5.34 Å². The van der Waals surface area contributed by atoms with E-state index in [1.165, 1.54) is 12.1 Å². The van der Waals surface area contributed by atoms with Gasteiger partial charge in [0.15, 0.2) is 0 Å². The molecular weight excluding hydrogens is 198 g/mol. The highest BCUT2D eigenvalue weighted by Gasteiger charge is 1.85. The minimum atomic E-state index is -1.13. The van der Waals surface area contributed by atoms with Gasteiger partial charge in [-0.15, -0.1) is 0 Å². The van der Waals surface area contributed by atoms with Gasteiger partial charge in [0.1, 0.15) is 0 Å². The summed E-state index contributed by atoms with van der Waals surface area (Å²) in [5.74, 6) is -1.13. The molecule has 13 heavy (non-hydrogen) atoms. The van der Waals surface area contributed by atoms with Gasteiger partial charge in [-0.05, 0) is 5.56 Å². The summed E-state index contributed by atoms with van der Waals surface area (Å²) in [6.07, 6.45) is 0. The van der Waals surface area contributed by atoms with Crippen molar-refractivity contribution in [2.24, 2.45) is 0 Å². The van der Waals surface area contributed by atoms with Gasteiger partial charge in [0.05, 0.1) is 5.97 Å². The number of hydrogen-bond acceptors (Lipinski definition) is 4. The van der Waals surface area contributed by atoms with Crippen molar-refractivity contribution in [3.63, 3.8) is 0 Å². The van der Waals surface area contributed by atoms with Crippen LogP contribution in [0.1, 0.15) is 10.4 Å². The quantitative estimate of drug-likeness (QED) is 0.367. The Kier molecular flexibility index (Phi) is 9.09. The summed E-state index contributed by atoms with van der Waals surface area (Å²) in [7, 11) is 0. The van der Waals surface area contributed by atoms with E-state index in [9.17, 15) is 9.90 Å². The highest BCUT2D eigenvalue weighted by atomic mass is 35.5. The van der Waals surface area contributed by atoms with Crippen molar-refractivity contribution < 1.29 is 27.6 Å². The molecule has 0 amide bonds. The second-order valence-corrected chi connectivity index (χ2v) is 1.74. The molecule has 0 aromatic heterocycles. The topological polar surface area (TPSA) is 94.2 Å². The average Bonchev–Trinajstić information content (AvgIpc) is 2.07. The third-order valence-electron chi connectivity index (χ3n) is 1.01. The molecule has 0 aliphatic rings. The van der Waals surface area contributed by atoms with E-state index >= 15 is 0 Å². The molecule has 0 fully saturated rings. The molecular formula is C7H6ClNO4-2. The van der Waals surface area contributed by atoms with Crippen molar-refractivity contribution in [2.75, 3.05) is 0 Å². The first-order valence-corrected chi connectivity index (χ1v) is 2.98. The van der Waals surface area contributed by atoms with E-state index in [1.807, 2.05) is 0 Å². The summed E-state index contributed by atoms with van der Waals surface area (Å²) in [4.78, 5) is 18.2. The van der Waals surface area contributed by atoms with Crippen LogP contribution in [0.3, 0.4) is 0 Å². The number of benzene rings is 1. The lowest BCUT2D eigenvalue weighted by Crippen LogP contribution is -3.00. The van der Waals surface area contributed by atoms with Crippen molar-refractivity contribution in [3.8, 4) is 0 Å². The lowest BCUT2D eigenvalue weighted by atomic mass is 10.2. The Morgan fingerprint density at radius 3 is 1.85 bits per heavy atom. The zero-order chi connectivity index (χ0) is 9.40. The molecule has 6 heteroatoms. The maximum absolute atomic E-state index is 10.1. The standard InChI is InChI=1S/C7H6O2.ClH.HNO2/c8-7(9)6-4-2-1-3-5-6;;2-1-3/h1-5H,(H,8,9);1H;1H/p-2. The molecule has 0 aliphatic carbocycles. The summed E-state index contributed by atoms with van der Waals surface area (Å²) in [5.41, 5.74) is 0.220. The molecule has 0 heterocycles. The van der Waals surface area contributed by atoms with E-state index in [4.69, 9.17) is 10.1 Å². The van der Waals surface area contributed by atoms with Crippen molar-refractivity contribution in [2.45, 2.75) is 0 Å². The van der Waals surface area contributed by atoms with Gasteiger partial charge in [0.2, 0.25) is 0 Å². The molecule has 0 bridgehead atoms. The molecule has 5 nitrogen and oxygen atoms in total. The van der Waals surface area contributed by atoms with Gasteiger partial charge >= 0.3 is 0 Å². The van der Waals surface area contributed by atoms with Crippen LogP contribution in [0.25, 0.3) is 0 Å². The predicted octanol–water partition coefficient (Wildman–Crippen LogP) is -4.61. The molecule has 1 rings (SSSR count). The highest BCUT2D eigenvalue weighted by Crippen LogP contribution is 1.94. The summed E-state index contributed by atoms with van der Waals surface area (Å²) in [6.45, 7) is 0. The second kappa shape index (κ2) is 8.48. The number of aromatic carboxylic acids is 1. The van der Waals surface area contributed by atoms with Crippen LogP contribution in [0.5, 0.6) is 0 Å². The maximum atomic E-state index is 10.1. The first-order chi connectivity index (χ1) is 5.72. The number of rotatable bonds is 1. The van der Waals surface area contributed by atoms with E-state index in [0.29, 0.717) is 0 Å². The Bertz CT molecular complexity index is 252. The van der Waals surface area contributed by atoms with E-state index in [1.54, 1.807) is 18.2 Å². The molecule has 1 aromatic carbocycles.